The summed E-state index contributed by atoms with van der Waals surface area (Å²) in [6, 6.07) is 4.18. The lowest BCUT2D eigenvalue weighted by Gasteiger charge is -2.25. The molecule has 0 spiro atoms. The molecular weight excluding hydrogens is 296 g/mol. The van der Waals surface area contributed by atoms with Crippen molar-refractivity contribution in [2.24, 2.45) is 0 Å². The van der Waals surface area contributed by atoms with E-state index in [1.54, 1.807) is 0 Å². The summed E-state index contributed by atoms with van der Waals surface area (Å²) in [5, 5.41) is 12.2. The smallest absolute Gasteiger partial charge is 0.305 e. The van der Waals surface area contributed by atoms with E-state index < -0.39 is 5.97 Å². The molecule has 0 radical (unpaired) electrons. The van der Waals surface area contributed by atoms with Gasteiger partial charge >= 0.3 is 5.97 Å². The number of aliphatic carboxylic acids is 1. The van der Waals surface area contributed by atoms with Gasteiger partial charge < -0.3 is 15.3 Å². The quantitative estimate of drug-likeness (QED) is 0.901. The van der Waals surface area contributed by atoms with Crippen molar-refractivity contribution in [2.75, 3.05) is 29.9 Å². The van der Waals surface area contributed by atoms with E-state index in [0.717, 1.165) is 35.4 Å². The normalized spacial score (nSPS) is 14.7. The van der Waals surface area contributed by atoms with Crippen LogP contribution in [0.5, 0.6) is 0 Å². The van der Waals surface area contributed by atoms with Gasteiger partial charge in [0.1, 0.15) is 0 Å². The maximum absolute atomic E-state index is 10.7. The number of nitrogens with one attached hydrogen (secondary N) is 1. The summed E-state index contributed by atoms with van der Waals surface area (Å²) in [4.78, 5) is 12.9. The zero-order valence-corrected chi connectivity index (χ0v) is 12.0. The maximum atomic E-state index is 10.7. The summed E-state index contributed by atoms with van der Waals surface area (Å²) < 4.78 is 1.03. The zero-order valence-electron chi connectivity index (χ0n) is 10.4. The minimum absolute atomic E-state index is 0.166. The first-order valence-corrected chi connectivity index (χ1v) is 6.88. The highest BCUT2D eigenvalue weighted by molar-refractivity contribution is 9.10. The summed E-state index contributed by atoms with van der Waals surface area (Å²) >= 11 is 3.59. The highest BCUT2D eigenvalue weighted by atomic mass is 79.9. The molecule has 98 valence electrons. The van der Waals surface area contributed by atoms with Crippen LogP contribution in [0, 0.1) is 6.92 Å². The van der Waals surface area contributed by atoms with Crippen molar-refractivity contribution < 1.29 is 9.90 Å². The molecule has 0 saturated heterocycles. The van der Waals surface area contributed by atoms with Crippen LogP contribution in [0.1, 0.15) is 18.4 Å². The number of carboxylic acid groups (broad SMARTS) is 1. The molecule has 4 nitrogen and oxygen atoms in total. The van der Waals surface area contributed by atoms with Crippen molar-refractivity contribution in [3.05, 3.63) is 22.2 Å². The third-order valence-corrected chi connectivity index (χ3v) is 3.64. The minimum Gasteiger partial charge on any atom is -0.481 e. The second-order valence-corrected chi connectivity index (χ2v) is 5.41. The molecule has 1 heterocycles. The van der Waals surface area contributed by atoms with E-state index in [0.29, 0.717) is 6.54 Å². The van der Waals surface area contributed by atoms with Crippen molar-refractivity contribution in [1.29, 1.82) is 0 Å². The van der Waals surface area contributed by atoms with Gasteiger partial charge in [0.15, 0.2) is 0 Å². The van der Waals surface area contributed by atoms with Crippen LogP contribution in [-0.2, 0) is 4.79 Å². The summed E-state index contributed by atoms with van der Waals surface area (Å²) in [7, 11) is 0. The SMILES string of the molecule is Cc1cc(Br)c2c(c1)NCCCN2CCC(=O)O. The minimum atomic E-state index is -0.753. The Bertz CT molecular complexity index is 463. The molecule has 0 fully saturated rings. The average Bonchev–Trinajstić information content (AvgIpc) is 2.48. The third kappa shape index (κ3) is 2.96. The average molecular weight is 313 g/mol. The van der Waals surface area contributed by atoms with E-state index in [2.05, 4.69) is 45.2 Å². The van der Waals surface area contributed by atoms with E-state index in [4.69, 9.17) is 5.11 Å². The molecule has 0 unspecified atom stereocenters. The van der Waals surface area contributed by atoms with Gasteiger partial charge in [0.05, 0.1) is 17.8 Å². The number of hydrogen-bond acceptors (Lipinski definition) is 3. The van der Waals surface area contributed by atoms with Gasteiger partial charge in [0.25, 0.3) is 0 Å². The van der Waals surface area contributed by atoms with Crippen molar-refractivity contribution in [2.45, 2.75) is 19.8 Å². The predicted octanol–water partition coefficient (Wildman–Crippen LogP) is 2.85. The molecule has 1 aliphatic heterocycles. The first kappa shape index (κ1) is 13.2. The number of benzene rings is 1. The van der Waals surface area contributed by atoms with Crippen molar-refractivity contribution in [3.63, 3.8) is 0 Å². The van der Waals surface area contributed by atoms with Gasteiger partial charge in [-0.15, -0.1) is 0 Å². The number of nitrogens with zero attached hydrogens (tertiary/aromatic N) is 1. The van der Waals surface area contributed by atoms with Crippen molar-refractivity contribution in [1.82, 2.24) is 0 Å². The second kappa shape index (κ2) is 5.61. The van der Waals surface area contributed by atoms with Gasteiger partial charge in [-0.05, 0) is 47.0 Å². The molecule has 0 aliphatic carbocycles. The molecule has 1 aromatic carbocycles. The lowest BCUT2D eigenvalue weighted by atomic mass is 10.1. The lowest BCUT2D eigenvalue weighted by Crippen LogP contribution is -2.27. The molecule has 2 N–H and O–H groups in total. The Balaban J connectivity index is 2.31. The number of hydrogen-bond donors (Lipinski definition) is 2. The maximum Gasteiger partial charge on any atom is 0.305 e. The van der Waals surface area contributed by atoms with E-state index >= 15 is 0 Å². The fourth-order valence-corrected chi connectivity index (χ4v) is 3.08. The first-order valence-electron chi connectivity index (χ1n) is 6.08. The topological polar surface area (TPSA) is 52.6 Å². The van der Waals surface area contributed by atoms with Crippen LogP contribution in [0.4, 0.5) is 11.4 Å². The number of halogens is 1. The Kier molecular flexibility index (Phi) is 4.11. The molecule has 18 heavy (non-hydrogen) atoms. The Morgan fingerprint density at radius 1 is 1.56 bits per heavy atom. The van der Waals surface area contributed by atoms with Gasteiger partial charge in [-0.25, -0.2) is 0 Å². The molecule has 5 heteroatoms. The third-order valence-electron chi connectivity index (χ3n) is 3.04. The predicted molar refractivity (Wildman–Crippen MR) is 76.5 cm³/mol. The van der Waals surface area contributed by atoms with Gasteiger partial charge in [-0.1, -0.05) is 0 Å². The molecule has 0 saturated carbocycles. The molecular formula is C13H17BrN2O2. The summed E-state index contributed by atoms with van der Waals surface area (Å²) in [5.41, 5.74) is 3.36. The molecule has 0 aromatic heterocycles. The number of anilines is 2. The number of aryl methyl sites for hydroxylation is 1. The number of fused-ring (bicyclic) bond motifs is 1. The number of rotatable bonds is 3. The van der Waals surface area contributed by atoms with Crippen molar-refractivity contribution >= 4 is 33.3 Å². The van der Waals surface area contributed by atoms with Crippen LogP contribution < -0.4 is 10.2 Å². The molecule has 0 amide bonds. The standard InChI is InChI=1S/C13H17BrN2O2/c1-9-7-10(14)13-11(8-9)15-4-2-5-16(13)6-3-12(17)18/h7-8,15H,2-6H2,1H3,(H,17,18). The van der Waals surface area contributed by atoms with Gasteiger partial charge in [0, 0.05) is 24.1 Å². The number of carboxylic acids is 1. The van der Waals surface area contributed by atoms with E-state index in [9.17, 15) is 4.79 Å². The second-order valence-electron chi connectivity index (χ2n) is 4.55. The summed E-state index contributed by atoms with van der Waals surface area (Å²) in [6.45, 7) is 4.41. The summed E-state index contributed by atoms with van der Waals surface area (Å²) in [5.74, 6) is -0.753. The van der Waals surface area contributed by atoms with Gasteiger partial charge in [-0.3, -0.25) is 4.79 Å². The van der Waals surface area contributed by atoms with Crippen LogP contribution in [0.3, 0.4) is 0 Å². The molecule has 0 atom stereocenters. The van der Waals surface area contributed by atoms with Crippen LogP contribution in [0.25, 0.3) is 0 Å². The fourth-order valence-electron chi connectivity index (χ4n) is 2.25. The number of carbonyl (C=O) groups is 1. The van der Waals surface area contributed by atoms with Crippen LogP contribution >= 0.6 is 15.9 Å². The Hall–Kier alpha value is -1.23. The monoisotopic (exact) mass is 312 g/mol. The first-order chi connectivity index (χ1) is 8.58. The largest absolute Gasteiger partial charge is 0.481 e. The summed E-state index contributed by atoms with van der Waals surface area (Å²) in [6.07, 6.45) is 1.18. The van der Waals surface area contributed by atoms with Crippen LogP contribution in [0.2, 0.25) is 0 Å². The molecule has 0 bridgehead atoms. The Morgan fingerprint density at radius 3 is 3.06 bits per heavy atom. The van der Waals surface area contributed by atoms with E-state index in [1.165, 1.54) is 5.56 Å². The van der Waals surface area contributed by atoms with Crippen LogP contribution in [0.15, 0.2) is 16.6 Å². The van der Waals surface area contributed by atoms with Crippen molar-refractivity contribution in [3.8, 4) is 0 Å². The van der Waals surface area contributed by atoms with Gasteiger partial charge in [-0.2, -0.15) is 0 Å². The molecule has 2 rings (SSSR count). The highest BCUT2D eigenvalue weighted by Gasteiger charge is 2.18. The zero-order chi connectivity index (χ0) is 13.1. The fraction of sp³-hybridized carbons (Fsp3) is 0.462. The lowest BCUT2D eigenvalue weighted by molar-refractivity contribution is -0.136. The Morgan fingerprint density at radius 2 is 2.33 bits per heavy atom. The highest BCUT2D eigenvalue weighted by Crippen LogP contribution is 2.37. The van der Waals surface area contributed by atoms with E-state index in [-0.39, 0.29) is 6.42 Å². The molecule has 1 aliphatic rings. The Labute approximate surface area is 115 Å². The van der Waals surface area contributed by atoms with Gasteiger partial charge in [0.2, 0.25) is 0 Å². The van der Waals surface area contributed by atoms with Crippen LogP contribution in [-0.4, -0.2) is 30.7 Å². The molecule has 1 aromatic rings. The van der Waals surface area contributed by atoms with E-state index in [1.807, 2.05) is 0 Å².